The predicted molar refractivity (Wildman–Crippen MR) is 91.8 cm³/mol. The van der Waals surface area contributed by atoms with E-state index in [1.165, 1.54) is 0 Å². The van der Waals surface area contributed by atoms with Crippen LogP contribution in [0.1, 0.15) is 20.8 Å². The number of ether oxygens (including phenoxy) is 1. The van der Waals surface area contributed by atoms with Crippen molar-refractivity contribution in [1.29, 1.82) is 0 Å². The summed E-state index contributed by atoms with van der Waals surface area (Å²) in [5, 5.41) is 2.66. The molecular weight excluding hydrogens is 408 g/mol. The zero-order valence-corrected chi connectivity index (χ0v) is 15.2. The maximum absolute atomic E-state index is 13.6. The second-order valence-corrected chi connectivity index (χ2v) is 7.60. The van der Waals surface area contributed by atoms with Crippen LogP contribution in [0.2, 0.25) is 0 Å². The molecule has 0 atom stereocenters. The highest BCUT2D eigenvalue weighted by molar-refractivity contribution is 8.00. The third-order valence-corrected chi connectivity index (χ3v) is 5.91. The lowest BCUT2D eigenvalue weighted by molar-refractivity contribution is -0.113. The van der Waals surface area contributed by atoms with Crippen molar-refractivity contribution in [2.45, 2.75) is 17.9 Å². The molecule has 0 radical (unpaired) electrons. The summed E-state index contributed by atoms with van der Waals surface area (Å²) in [7, 11) is 0. The molecule has 0 unspecified atom stereocenters. The summed E-state index contributed by atoms with van der Waals surface area (Å²) in [4.78, 5) is 23.7. The Morgan fingerprint density at radius 1 is 1.22 bits per heavy atom. The first kappa shape index (κ1) is 19.6. The van der Waals surface area contributed by atoms with Gasteiger partial charge in [-0.25, -0.2) is 17.6 Å². The summed E-state index contributed by atoms with van der Waals surface area (Å²) >= 11 is 1.42. The fourth-order valence-corrected chi connectivity index (χ4v) is 4.56. The predicted octanol–water partition coefficient (Wildman–Crippen LogP) is 3.21. The maximum atomic E-state index is 13.6. The second kappa shape index (κ2) is 7.87. The zero-order valence-electron chi connectivity index (χ0n) is 13.5. The van der Waals surface area contributed by atoms with Gasteiger partial charge >= 0.3 is 0 Å². The average molecular weight is 420 g/mol. The lowest BCUT2D eigenvalue weighted by Crippen LogP contribution is -2.20. The van der Waals surface area contributed by atoms with Crippen molar-refractivity contribution in [1.82, 2.24) is 0 Å². The van der Waals surface area contributed by atoms with Gasteiger partial charge in [-0.3, -0.25) is 9.59 Å². The van der Waals surface area contributed by atoms with E-state index < -0.39 is 45.7 Å². The number of carbonyl (C=O) groups excluding carboxylic acids is 2. The number of halogens is 4. The van der Waals surface area contributed by atoms with Crippen molar-refractivity contribution in [3.05, 3.63) is 45.3 Å². The van der Waals surface area contributed by atoms with Crippen molar-refractivity contribution in [3.63, 3.8) is 0 Å². The van der Waals surface area contributed by atoms with Crippen LogP contribution in [0.15, 0.2) is 11.0 Å². The van der Waals surface area contributed by atoms with Gasteiger partial charge < -0.3 is 15.8 Å². The SMILES string of the molecule is NC(=O)c1c(NC(=O)CSc2c(F)c(F)cc(F)c2F)sc2c1CCOC2. The van der Waals surface area contributed by atoms with Crippen LogP contribution in [-0.2, 0) is 22.6 Å². The van der Waals surface area contributed by atoms with E-state index in [9.17, 15) is 27.2 Å². The number of hydrogen-bond donors (Lipinski definition) is 2. The molecule has 0 bridgehead atoms. The zero-order chi connectivity index (χ0) is 19.7. The van der Waals surface area contributed by atoms with E-state index in [0.717, 1.165) is 16.2 Å². The van der Waals surface area contributed by atoms with Gasteiger partial charge in [-0.15, -0.1) is 23.1 Å². The van der Waals surface area contributed by atoms with E-state index in [0.29, 0.717) is 30.4 Å². The summed E-state index contributed by atoms with van der Waals surface area (Å²) in [6, 6.07) is 0.0895. The number of amides is 2. The Balaban J connectivity index is 1.76. The Morgan fingerprint density at radius 3 is 2.52 bits per heavy atom. The van der Waals surface area contributed by atoms with Gasteiger partial charge in [0.2, 0.25) is 5.91 Å². The summed E-state index contributed by atoms with van der Waals surface area (Å²) in [5.74, 6) is -8.24. The van der Waals surface area contributed by atoms with Gasteiger partial charge in [-0.1, -0.05) is 0 Å². The van der Waals surface area contributed by atoms with Crippen LogP contribution >= 0.6 is 23.1 Å². The molecule has 3 rings (SSSR count). The van der Waals surface area contributed by atoms with Crippen LogP contribution in [0.3, 0.4) is 0 Å². The molecule has 0 aliphatic carbocycles. The van der Waals surface area contributed by atoms with Crippen LogP contribution in [0.25, 0.3) is 0 Å². The molecule has 2 heterocycles. The fourth-order valence-electron chi connectivity index (χ4n) is 2.56. The van der Waals surface area contributed by atoms with E-state index in [2.05, 4.69) is 5.32 Å². The number of rotatable bonds is 5. The third-order valence-electron chi connectivity index (χ3n) is 3.74. The molecule has 0 saturated carbocycles. The monoisotopic (exact) mass is 420 g/mol. The number of anilines is 1. The highest BCUT2D eigenvalue weighted by Gasteiger charge is 2.26. The van der Waals surface area contributed by atoms with E-state index in [1.54, 1.807) is 0 Å². The molecule has 1 aliphatic rings. The minimum atomic E-state index is -1.58. The number of thiophene rings is 1. The van der Waals surface area contributed by atoms with E-state index in [-0.39, 0.29) is 23.2 Å². The van der Waals surface area contributed by atoms with Gasteiger partial charge in [-0.2, -0.15) is 0 Å². The number of fused-ring (bicyclic) bond motifs is 1. The molecule has 0 fully saturated rings. The number of hydrogen-bond acceptors (Lipinski definition) is 5. The van der Waals surface area contributed by atoms with Crippen LogP contribution in [-0.4, -0.2) is 24.2 Å². The molecule has 11 heteroatoms. The molecule has 27 heavy (non-hydrogen) atoms. The number of nitrogens with one attached hydrogen (secondary N) is 1. The Labute approximate surface area is 158 Å². The van der Waals surface area contributed by atoms with E-state index in [4.69, 9.17) is 10.5 Å². The summed E-state index contributed by atoms with van der Waals surface area (Å²) in [5.41, 5.74) is 6.26. The van der Waals surface area contributed by atoms with E-state index in [1.807, 2.05) is 0 Å². The second-order valence-electron chi connectivity index (χ2n) is 5.51. The standard InChI is InChI=1S/C16H12F4N2O3S2/c17-7-3-8(18)13(20)14(12(7)19)26-5-10(23)22-16-11(15(21)24)6-1-2-25-4-9(6)27-16/h3H,1-2,4-5H2,(H2,21,24)(H,22,23). The first-order valence-corrected chi connectivity index (χ1v) is 9.37. The van der Waals surface area contributed by atoms with Crippen LogP contribution in [0, 0.1) is 23.3 Å². The summed E-state index contributed by atoms with van der Waals surface area (Å²) in [6.07, 6.45) is 0.466. The van der Waals surface area contributed by atoms with Gasteiger partial charge in [0.25, 0.3) is 5.91 Å². The molecule has 1 aliphatic heterocycles. The molecule has 5 nitrogen and oxygen atoms in total. The quantitative estimate of drug-likeness (QED) is 0.442. The number of nitrogens with two attached hydrogens (primary N) is 1. The minimum Gasteiger partial charge on any atom is -0.376 e. The molecule has 144 valence electrons. The number of primary amides is 1. The molecule has 0 spiro atoms. The molecule has 3 N–H and O–H groups in total. The Bertz CT molecular complexity index is 907. The highest BCUT2D eigenvalue weighted by Crippen LogP contribution is 2.36. The van der Waals surface area contributed by atoms with Crippen molar-refractivity contribution in [2.24, 2.45) is 5.73 Å². The molecule has 2 amide bonds. The van der Waals surface area contributed by atoms with E-state index >= 15 is 0 Å². The normalized spacial score (nSPS) is 13.3. The van der Waals surface area contributed by atoms with Crippen molar-refractivity contribution in [2.75, 3.05) is 17.7 Å². The summed E-state index contributed by atoms with van der Waals surface area (Å²) in [6.45, 7) is 0.695. The topological polar surface area (TPSA) is 81.4 Å². The third kappa shape index (κ3) is 3.94. The van der Waals surface area contributed by atoms with Gasteiger partial charge in [0, 0.05) is 10.9 Å². The smallest absolute Gasteiger partial charge is 0.251 e. The molecular formula is C16H12F4N2O3S2. The average Bonchev–Trinajstić information content (AvgIpc) is 2.97. The summed E-state index contributed by atoms with van der Waals surface area (Å²) < 4.78 is 59.0. The number of thioether (sulfide) groups is 1. The van der Waals surface area contributed by atoms with Gasteiger partial charge in [-0.05, 0) is 12.0 Å². The Morgan fingerprint density at radius 2 is 1.89 bits per heavy atom. The molecule has 0 saturated heterocycles. The van der Waals surface area contributed by atoms with Gasteiger partial charge in [0.1, 0.15) is 5.00 Å². The first-order valence-electron chi connectivity index (χ1n) is 7.57. The number of benzene rings is 1. The highest BCUT2D eigenvalue weighted by atomic mass is 32.2. The van der Waals surface area contributed by atoms with Gasteiger partial charge in [0.05, 0.1) is 29.4 Å². The Kier molecular flexibility index (Phi) is 5.72. The Hall–Kier alpha value is -2.11. The minimum absolute atomic E-state index is 0.0895. The lowest BCUT2D eigenvalue weighted by Gasteiger charge is -2.12. The van der Waals surface area contributed by atoms with Crippen LogP contribution < -0.4 is 11.1 Å². The molecule has 1 aromatic carbocycles. The van der Waals surface area contributed by atoms with Crippen molar-refractivity contribution in [3.8, 4) is 0 Å². The van der Waals surface area contributed by atoms with Crippen LogP contribution in [0.5, 0.6) is 0 Å². The fraction of sp³-hybridized carbons (Fsp3) is 0.250. The molecule has 1 aromatic heterocycles. The molecule has 2 aromatic rings. The largest absolute Gasteiger partial charge is 0.376 e. The van der Waals surface area contributed by atoms with Crippen LogP contribution in [0.4, 0.5) is 22.6 Å². The lowest BCUT2D eigenvalue weighted by atomic mass is 10.1. The number of carbonyl (C=O) groups is 2. The van der Waals surface area contributed by atoms with Gasteiger partial charge in [0.15, 0.2) is 23.3 Å². The van der Waals surface area contributed by atoms with Crippen molar-refractivity contribution >= 4 is 39.9 Å². The first-order chi connectivity index (χ1) is 12.8. The maximum Gasteiger partial charge on any atom is 0.251 e. The van der Waals surface area contributed by atoms with Crippen molar-refractivity contribution < 1.29 is 31.9 Å².